The third kappa shape index (κ3) is 3.28. The number of hydrogen-bond acceptors (Lipinski definition) is 5. The van der Waals surface area contributed by atoms with Crippen LogP contribution in [-0.4, -0.2) is 19.2 Å². The van der Waals surface area contributed by atoms with Crippen LogP contribution in [0, 0.1) is 0 Å². The van der Waals surface area contributed by atoms with Gasteiger partial charge in [0.25, 0.3) is 0 Å². The molecule has 0 saturated heterocycles. The molecule has 0 radical (unpaired) electrons. The number of methoxy groups -OCH3 is 2. The van der Waals surface area contributed by atoms with Crippen molar-refractivity contribution in [3.05, 3.63) is 42.0 Å². The van der Waals surface area contributed by atoms with Crippen LogP contribution in [0.3, 0.4) is 0 Å². The molecule has 0 amide bonds. The fraction of sp³-hybridized carbons (Fsp3) is 0.214. The average molecular weight is 259 g/mol. The Bertz CT molecular complexity index is 558. The molecule has 5 heteroatoms. The number of benzene rings is 1. The Labute approximate surface area is 112 Å². The Morgan fingerprint density at radius 1 is 1.16 bits per heavy atom. The van der Waals surface area contributed by atoms with E-state index in [1.54, 1.807) is 20.3 Å². The summed E-state index contributed by atoms with van der Waals surface area (Å²) in [6.07, 6.45) is 0. The second-order valence-corrected chi connectivity index (χ2v) is 4.00. The predicted molar refractivity (Wildman–Crippen MR) is 75.5 cm³/mol. The van der Waals surface area contributed by atoms with Gasteiger partial charge in [0.05, 0.1) is 19.9 Å². The Hall–Kier alpha value is -2.43. The van der Waals surface area contributed by atoms with Crippen molar-refractivity contribution in [2.75, 3.05) is 25.3 Å². The molecule has 2 rings (SSSR count). The van der Waals surface area contributed by atoms with Crippen LogP contribution in [0.5, 0.6) is 11.6 Å². The molecule has 3 N–H and O–H groups in total. The van der Waals surface area contributed by atoms with Crippen molar-refractivity contribution < 1.29 is 9.47 Å². The van der Waals surface area contributed by atoms with Gasteiger partial charge in [0.2, 0.25) is 5.88 Å². The highest BCUT2D eigenvalue weighted by Crippen LogP contribution is 2.22. The van der Waals surface area contributed by atoms with Gasteiger partial charge in [0.1, 0.15) is 11.6 Å². The van der Waals surface area contributed by atoms with E-state index in [1.165, 1.54) is 0 Å². The van der Waals surface area contributed by atoms with E-state index >= 15 is 0 Å². The van der Waals surface area contributed by atoms with Gasteiger partial charge in [-0.1, -0.05) is 12.1 Å². The number of nitrogens with two attached hydrogens (primary N) is 1. The number of rotatable bonds is 5. The first-order chi connectivity index (χ1) is 9.22. The molecule has 2 aromatic rings. The van der Waals surface area contributed by atoms with Crippen LogP contribution in [0.25, 0.3) is 0 Å². The topological polar surface area (TPSA) is 69.4 Å². The van der Waals surface area contributed by atoms with Crippen LogP contribution in [0.1, 0.15) is 5.56 Å². The maximum atomic E-state index is 5.86. The number of ether oxygens (including phenoxy) is 2. The third-order valence-corrected chi connectivity index (χ3v) is 2.70. The Morgan fingerprint density at radius 3 is 2.68 bits per heavy atom. The summed E-state index contributed by atoms with van der Waals surface area (Å²) in [5.41, 5.74) is 7.54. The molecule has 0 saturated carbocycles. The van der Waals surface area contributed by atoms with Crippen molar-refractivity contribution in [2.45, 2.75) is 6.54 Å². The molecule has 19 heavy (non-hydrogen) atoms. The van der Waals surface area contributed by atoms with Gasteiger partial charge < -0.3 is 20.5 Å². The first-order valence-electron chi connectivity index (χ1n) is 5.90. The van der Waals surface area contributed by atoms with Crippen LogP contribution in [-0.2, 0) is 6.54 Å². The van der Waals surface area contributed by atoms with E-state index in [0.29, 0.717) is 23.9 Å². The van der Waals surface area contributed by atoms with Crippen LogP contribution in [0.4, 0.5) is 11.5 Å². The molecule has 5 nitrogen and oxygen atoms in total. The zero-order valence-corrected chi connectivity index (χ0v) is 11.0. The summed E-state index contributed by atoms with van der Waals surface area (Å²) in [4.78, 5) is 4.27. The maximum absolute atomic E-state index is 5.86. The highest BCUT2D eigenvalue weighted by Gasteiger charge is 2.02. The van der Waals surface area contributed by atoms with Gasteiger partial charge in [-0.05, 0) is 23.8 Å². The summed E-state index contributed by atoms with van der Waals surface area (Å²) in [6, 6.07) is 11.3. The number of anilines is 2. The standard InChI is InChI=1S/C14H17N3O2/c1-18-12-7-6-10(8-11(12)15)9-16-13-4-3-5-14(17-13)19-2/h3-8H,9,15H2,1-2H3,(H,16,17). The number of nitrogen functional groups attached to an aromatic ring is 1. The first-order valence-corrected chi connectivity index (χ1v) is 5.90. The Balaban J connectivity index is 2.03. The molecule has 0 bridgehead atoms. The number of nitrogens with zero attached hydrogens (tertiary/aromatic N) is 1. The van der Waals surface area contributed by atoms with Crippen molar-refractivity contribution in [3.8, 4) is 11.6 Å². The number of pyridine rings is 1. The van der Waals surface area contributed by atoms with Gasteiger partial charge in [-0.2, -0.15) is 4.98 Å². The number of nitrogens with one attached hydrogen (secondary N) is 1. The van der Waals surface area contributed by atoms with E-state index in [9.17, 15) is 0 Å². The van der Waals surface area contributed by atoms with Crippen molar-refractivity contribution in [1.82, 2.24) is 4.98 Å². The van der Waals surface area contributed by atoms with Gasteiger partial charge in [0.15, 0.2) is 0 Å². The minimum atomic E-state index is 0.583. The molecule has 0 aliphatic rings. The molecule has 100 valence electrons. The number of hydrogen-bond donors (Lipinski definition) is 2. The Kier molecular flexibility index (Phi) is 4.07. The van der Waals surface area contributed by atoms with Crippen molar-refractivity contribution in [3.63, 3.8) is 0 Å². The lowest BCUT2D eigenvalue weighted by Gasteiger charge is -2.09. The van der Waals surface area contributed by atoms with Crippen LogP contribution in [0.15, 0.2) is 36.4 Å². The molecular weight excluding hydrogens is 242 g/mol. The van der Waals surface area contributed by atoms with Gasteiger partial charge in [-0.3, -0.25) is 0 Å². The molecule has 1 heterocycles. The van der Waals surface area contributed by atoms with Crippen molar-refractivity contribution in [2.24, 2.45) is 0 Å². The third-order valence-electron chi connectivity index (χ3n) is 2.70. The van der Waals surface area contributed by atoms with Gasteiger partial charge in [-0.25, -0.2) is 0 Å². The molecule has 0 spiro atoms. The second kappa shape index (κ2) is 5.95. The van der Waals surface area contributed by atoms with Crippen molar-refractivity contribution >= 4 is 11.5 Å². The molecule has 0 aliphatic heterocycles. The van der Waals surface area contributed by atoms with E-state index in [2.05, 4.69) is 10.3 Å². The fourth-order valence-corrected chi connectivity index (χ4v) is 1.71. The molecular formula is C14H17N3O2. The highest BCUT2D eigenvalue weighted by molar-refractivity contribution is 5.54. The van der Waals surface area contributed by atoms with E-state index in [4.69, 9.17) is 15.2 Å². The van der Waals surface area contributed by atoms with Gasteiger partial charge in [-0.15, -0.1) is 0 Å². The van der Waals surface area contributed by atoms with E-state index < -0.39 is 0 Å². The highest BCUT2D eigenvalue weighted by atomic mass is 16.5. The molecule has 0 aliphatic carbocycles. The van der Waals surface area contributed by atoms with Crippen molar-refractivity contribution in [1.29, 1.82) is 0 Å². The second-order valence-electron chi connectivity index (χ2n) is 4.00. The van der Waals surface area contributed by atoms with E-state index in [1.807, 2.05) is 30.3 Å². The summed E-state index contributed by atoms with van der Waals surface area (Å²) < 4.78 is 10.2. The minimum Gasteiger partial charge on any atom is -0.495 e. The Morgan fingerprint density at radius 2 is 2.00 bits per heavy atom. The monoisotopic (exact) mass is 259 g/mol. The predicted octanol–water partition coefficient (Wildman–Crippen LogP) is 2.29. The summed E-state index contributed by atoms with van der Waals surface area (Å²) in [5, 5.41) is 3.21. The zero-order chi connectivity index (χ0) is 13.7. The van der Waals surface area contributed by atoms with Gasteiger partial charge >= 0.3 is 0 Å². The largest absolute Gasteiger partial charge is 0.495 e. The number of aromatic nitrogens is 1. The van der Waals surface area contributed by atoms with Crippen LogP contribution >= 0.6 is 0 Å². The average Bonchev–Trinajstić information content (AvgIpc) is 2.45. The lowest BCUT2D eigenvalue weighted by Crippen LogP contribution is -2.03. The summed E-state index contributed by atoms with van der Waals surface area (Å²) in [5.74, 6) is 2.02. The molecule has 1 aromatic heterocycles. The minimum absolute atomic E-state index is 0.583. The van der Waals surface area contributed by atoms with E-state index in [-0.39, 0.29) is 0 Å². The summed E-state index contributed by atoms with van der Waals surface area (Å²) in [7, 11) is 3.19. The zero-order valence-electron chi connectivity index (χ0n) is 11.0. The normalized spacial score (nSPS) is 10.0. The first kappa shape index (κ1) is 13.0. The summed E-state index contributed by atoms with van der Waals surface area (Å²) in [6.45, 7) is 0.633. The molecule has 0 atom stereocenters. The molecule has 0 fully saturated rings. The fourth-order valence-electron chi connectivity index (χ4n) is 1.71. The lowest BCUT2D eigenvalue weighted by atomic mass is 10.2. The SMILES string of the molecule is COc1cccc(NCc2ccc(OC)c(N)c2)n1. The quantitative estimate of drug-likeness (QED) is 0.806. The molecule has 1 aromatic carbocycles. The molecule has 0 unspecified atom stereocenters. The maximum Gasteiger partial charge on any atom is 0.214 e. The smallest absolute Gasteiger partial charge is 0.214 e. The lowest BCUT2D eigenvalue weighted by molar-refractivity contribution is 0.398. The summed E-state index contributed by atoms with van der Waals surface area (Å²) >= 11 is 0. The van der Waals surface area contributed by atoms with E-state index in [0.717, 1.165) is 11.4 Å². The van der Waals surface area contributed by atoms with Crippen LogP contribution in [0.2, 0.25) is 0 Å². The van der Waals surface area contributed by atoms with Crippen LogP contribution < -0.4 is 20.5 Å². The van der Waals surface area contributed by atoms with Gasteiger partial charge in [0, 0.05) is 12.6 Å².